The average Bonchev–Trinajstić information content (AvgIpc) is 2.52. The van der Waals surface area contributed by atoms with Crippen molar-refractivity contribution in [3.8, 4) is 0 Å². The van der Waals surface area contributed by atoms with Gasteiger partial charge >= 0.3 is 13.6 Å². The molecule has 0 unspecified atom stereocenters. The molecule has 0 N–H and O–H groups in total. The molecule has 0 bridgehead atoms. The van der Waals surface area contributed by atoms with Gasteiger partial charge < -0.3 is 18.5 Å². The topological polar surface area (TPSA) is 71.1 Å². The van der Waals surface area contributed by atoms with Crippen molar-refractivity contribution in [2.24, 2.45) is 0 Å². The van der Waals surface area contributed by atoms with Crippen LogP contribution in [-0.2, 0) is 34.0 Å². The normalized spacial score (nSPS) is 12.1. The van der Waals surface area contributed by atoms with Gasteiger partial charge in [0.25, 0.3) is 0 Å². The van der Waals surface area contributed by atoms with Crippen molar-refractivity contribution in [3.63, 3.8) is 0 Å². The van der Waals surface area contributed by atoms with Gasteiger partial charge in [-0.2, -0.15) is 0 Å². The minimum Gasteiger partial charge on any atom is -0.496 e. The van der Waals surface area contributed by atoms with Gasteiger partial charge in [0.2, 0.25) is 0 Å². The van der Waals surface area contributed by atoms with Crippen molar-refractivity contribution in [3.05, 3.63) is 41.5 Å². The molecule has 0 saturated heterocycles. The number of ether oxygens (including phenoxy) is 2. The lowest BCUT2D eigenvalue weighted by molar-refractivity contribution is -0.134. The molecular formula is C14H19O6P. The Morgan fingerprint density at radius 1 is 1.10 bits per heavy atom. The summed E-state index contributed by atoms with van der Waals surface area (Å²) in [5.41, 5.74) is 1.31. The summed E-state index contributed by atoms with van der Waals surface area (Å²) in [6, 6.07) is 7.10. The first-order valence-corrected chi connectivity index (χ1v) is 7.85. The summed E-state index contributed by atoms with van der Waals surface area (Å²) in [4.78, 5) is 11.4. The molecule has 7 heteroatoms. The zero-order valence-corrected chi connectivity index (χ0v) is 13.4. The fraction of sp³-hybridized carbons (Fsp3) is 0.357. The van der Waals surface area contributed by atoms with Crippen molar-refractivity contribution in [2.45, 2.75) is 6.16 Å². The van der Waals surface area contributed by atoms with E-state index < -0.39 is 13.6 Å². The van der Waals surface area contributed by atoms with Gasteiger partial charge in [-0.3, -0.25) is 4.57 Å². The smallest absolute Gasteiger partial charge is 0.334 e. The van der Waals surface area contributed by atoms with E-state index in [2.05, 4.69) is 4.74 Å². The van der Waals surface area contributed by atoms with Gasteiger partial charge in [0.05, 0.1) is 26.5 Å². The van der Waals surface area contributed by atoms with E-state index >= 15 is 0 Å². The number of rotatable bonds is 7. The lowest BCUT2D eigenvalue weighted by Gasteiger charge is -2.17. The van der Waals surface area contributed by atoms with Crippen LogP contribution in [0.15, 0.2) is 30.3 Å². The van der Waals surface area contributed by atoms with E-state index in [-0.39, 0.29) is 6.16 Å². The Balaban J connectivity index is 3.23. The van der Waals surface area contributed by atoms with Crippen molar-refractivity contribution in [1.29, 1.82) is 0 Å². The highest BCUT2D eigenvalue weighted by molar-refractivity contribution is 7.52. The summed E-state index contributed by atoms with van der Waals surface area (Å²) in [7, 11) is 2.16. The molecule has 0 spiro atoms. The van der Waals surface area contributed by atoms with Crippen LogP contribution < -0.4 is 0 Å². The molecule has 6 nitrogen and oxygen atoms in total. The maximum absolute atomic E-state index is 12.3. The highest BCUT2D eigenvalue weighted by Gasteiger charge is 2.24. The third kappa shape index (κ3) is 4.70. The van der Waals surface area contributed by atoms with Gasteiger partial charge in [0.15, 0.2) is 0 Å². The van der Waals surface area contributed by atoms with Crippen molar-refractivity contribution < 1.29 is 27.9 Å². The first kappa shape index (κ1) is 17.4. The molecule has 0 aliphatic rings. The molecule has 0 aromatic heterocycles. The first-order chi connectivity index (χ1) is 9.99. The van der Waals surface area contributed by atoms with Crippen molar-refractivity contribution in [1.82, 2.24) is 0 Å². The number of carbonyl (C=O) groups excluding carboxylic acids is 1. The minimum atomic E-state index is -3.22. The summed E-state index contributed by atoms with van der Waals surface area (Å²) in [5, 5.41) is 0. The van der Waals surface area contributed by atoms with Crippen molar-refractivity contribution in [2.75, 3.05) is 28.4 Å². The molecule has 0 fully saturated rings. The summed E-state index contributed by atoms with van der Waals surface area (Å²) in [6.45, 7) is 0. The van der Waals surface area contributed by atoms with Crippen LogP contribution in [0.3, 0.4) is 0 Å². The molecule has 0 saturated carbocycles. The predicted octanol–water partition coefficient (Wildman–Crippen LogP) is 2.83. The van der Waals surface area contributed by atoms with E-state index in [1.807, 2.05) is 0 Å². The summed E-state index contributed by atoms with van der Waals surface area (Å²) < 4.78 is 32.0. The average molecular weight is 314 g/mol. The van der Waals surface area contributed by atoms with E-state index in [9.17, 15) is 9.36 Å². The lowest BCUT2D eigenvalue weighted by atomic mass is 10.1. The van der Waals surface area contributed by atoms with E-state index in [0.717, 1.165) is 0 Å². The SMILES string of the molecule is COC(=O)/C=C(/OC)c1ccccc1CP(=O)(OC)OC. The second kappa shape index (κ2) is 7.98. The van der Waals surface area contributed by atoms with Crippen LogP contribution in [0.2, 0.25) is 0 Å². The maximum Gasteiger partial charge on any atom is 0.334 e. The molecule has 0 aliphatic heterocycles. The van der Waals surface area contributed by atoms with Crippen LogP contribution in [0, 0.1) is 0 Å². The summed E-state index contributed by atoms with van der Waals surface area (Å²) in [5.74, 6) is -0.223. The molecule has 0 amide bonds. The molecule has 0 aliphatic carbocycles. The van der Waals surface area contributed by atoms with Gasteiger partial charge in [-0.1, -0.05) is 24.3 Å². The number of hydrogen-bond donors (Lipinski definition) is 0. The van der Waals surface area contributed by atoms with Crippen LogP contribution in [0.5, 0.6) is 0 Å². The van der Waals surface area contributed by atoms with E-state index in [1.54, 1.807) is 24.3 Å². The third-order valence-electron chi connectivity index (χ3n) is 2.87. The van der Waals surface area contributed by atoms with Crippen LogP contribution in [0.4, 0.5) is 0 Å². The Hall–Kier alpha value is -1.62. The minimum absolute atomic E-state index is 0.0675. The van der Waals surface area contributed by atoms with Crippen LogP contribution in [-0.4, -0.2) is 34.4 Å². The Bertz CT molecular complexity index is 558. The summed E-state index contributed by atoms with van der Waals surface area (Å²) in [6.07, 6.45) is 1.29. The Morgan fingerprint density at radius 2 is 1.71 bits per heavy atom. The maximum atomic E-state index is 12.3. The van der Waals surface area contributed by atoms with E-state index in [0.29, 0.717) is 16.9 Å². The lowest BCUT2D eigenvalue weighted by Crippen LogP contribution is -2.02. The van der Waals surface area contributed by atoms with Gasteiger partial charge in [-0.05, 0) is 5.56 Å². The number of carbonyl (C=O) groups is 1. The number of esters is 1. The first-order valence-electron chi connectivity index (χ1n) is 6.12. The molecule has 1 aromatic carbocycles. The molecular weight excluding hydrogens is 295 g/mol. The van der Waals surface area contributed by atoms with Crippen LogP contribution in [0.1, 0.15) is 11.1 Å². The zero-order chi connectivity index (χ0) is 15.9. The second-order valence-corrected chi connectivity index (χ2v) is 6.30. The second-order valence-electron chi connectivity index (χ2n) is 4.03. The van der Waals surface area contributed by atoms with Crippen LogP contribution >= 0.6 is 7.60 Å². The molecule has 1 aromatic rings. The fourth-order valence-electron chi connectivity index (χ4n) is 1.72. The van der Waals surface area contributed by atoms with Gasteiger partial charge in [-0.15, -0.1) is 0 Å². The zero-order valence-electron chi connectivity index (χ0n) is 12.5. The van der Waals surface area contributed by atoms with Gasteiger partial charge in [0, 0.05) is 19.8 Å². The Kier molecular flexibility index (Phi) is 6.62. The standard InChI is InChI=1S/C14H19O6P/c1-17-13(9-14(15)18-2)12-8-6-5-7-11(12)10-21(16,19-3)20-4/h5-9H,10H2,1-4H3/b13-9+. The van der Waals surface area contributed by atoms with Crippen LogP contribution in [0.25, 0.3) is 5.76 Å². The highest BCUT2D eigenvalue weighted by atomic mass is 31.2. The van der Waals surface area contributed by atoms with Gasteiger partial charge in [0.1, 0.15) is 5.76 Å². The third-order valence-corrected chi connectivity index (χ3v) is 4.71. The predicted molar refractivity (Wildman–Crippen MR) is 78.8 cm³/mol. The van der Waals surface area contributed by atoms with Gasteiger partial charge in [-0.25, -0.2) is 4.79 Å². The molecule has 116 valence electrons. The molecule has 0 radical (unpaired) electrons. The largest absolute Gasteiger partial charge is 0.496 e. The molecule has 0 atom stereocenters. The number of benzene rings is 1. The molecule has 1 rings (SSSR count). The van der Waals surface area contributed by atoms with E-state index in [1.165, 1.54) is 34.5 Å². The molecule has 0 heterocycles. The monoisotopic (exact) mass is 314 g/mol. The van der Waals surface area contributed by atoms with Crippen molar-refractivity contribution >= 4 is 19.3 Å². The molecule has 21 heavy (non-hydrogen) atoms. The number of hydrogen-bond acceptors (Lipinski definition) is 6. The summed E-state index contributed by atoms with van der Waals surface area (Å²) >= 11 is 0. The quantitative estimate of drug-likeness (QED) is 0.333. The highest BCUT2D eigenvalue weighted by Crippen LogP contribution is 2.50. The Labute approximate surface area is 124 Å². The number of methoxy groups -OCH3 is 2. The van der Waals surface area contributed by atoms with E-state index in [4.69, 9.17) is 13.8 Å². The Morgan fingerprint density at radius 3 is 2.24 bits per heavy atom. The fourth-order valence-corrected chi connectivity index (χ4v) is 2.82.